The van der Waals surface area contributed by atoms with Crippen LogP contribution in [0.2, 0.25) is 0 Å². The van der Waals surface area contributed by atoms with Gasteiger partial charge in [0.05, 0.1) is 9.79 Å². The van der Waals surface area contributed by atoms with Crippen LogP contribution in [0.1, 0.15) is 15.9 Å². The number of sulfone groups is 1. The zero-order chi connectivity index (χ0) is 14.6. The van der Waals surface area contributed by atoms with Gasteiger partial charge in [0.25, 0.3) is 0 Å². The minimum absolute atomic E-state index is 0.0821. The van der Waals surface area contributed by atoms with Crippen molar-refractivity contribution in [3.8, 4) is 0 Å². The molecule has 0 saturated heterocycles. The zero-order valence-electron chi connectivity index (χ0n) is 10.9. The lowest BCUT2D eigenvalue weighted by molar-refractivity contribution is 0.103. The number of carbonyl (C=O) groups excluding carboxylic acids is 1. The Balaban J connectivity index is 2.32. The summed E-state index contributed by atoms with van der Waals surface area (Å²) in [5, 5.41) is 1.27. The molecule has 0 saturated carbocycles. The van der Waals surface area contributed by atoms with Crippen molar-refractivity contribution >= 4 is 26.4 Å². The first kappa shape index (κ1) is 12.3. The van der Waals surface area contributed by atoms with Gasteiger partial charge in [-0.05, 0) is 23.6 Å². The van der Waals surface area contributed by atoms with Crippen molar-refractivity contribution in [3.05, 3.63) is 71.8 Å². The molecule has 1 aliphatic rings. The number of rotatable bonds is 0. The first-order valence-corrected chi connectivity index (χ1v) is 7.99. The van der Waals surface area contributed by atoms with Crippen molar-refractivity contribution in [2.24, 2.45) is 0 Å². The van der Waals surface area contributed by atoms with E-state index in [9.17, 15) is 13.2 Å². The summed E-state index contributed by atoms with van der Waals surface area (Å²) in [4.78, 5) is 13.0. The predicted molar refractivity (Wildman–Crippen MR) is 79.3 cm³/mol. The quantitative estimate of drug-likeness (QED) is 0.500. The Kier molecular flexibility index (Phi) is 2.35. The second-order valence-electron chi connectivity index (χ2n) is 4.99. The molecular formula is C17H10O3S. The van der Waals surface area contributed by atoms with E-state index in [1.807, 2.05) is 12.1 Å². The predicted octanol–water partition coefficient (Wildman–Crippen LogP) is 3.22. The van der Waals surface area contributed by atoms with Crippen LogP contribution in [0, 0.1) is 0 Å². The van der Waals surface area contributed by atoms with Crippen LogP contribution in [0.3, 0.4) is 0 Å². The fourth-order valence-electron chi connectivity index (χ4n) is 2.87. The van der Waals surface area contributed by atoms with Crippen molar-refractivity contribution in [1.29, 1.82) is 0 Å². The van der Waals surface area contributed by atoms with Gasteiger partial charge >= 0.3 is 0 Å². The molecule has 0 bridgehead atoms. The highest BCUT2D eigenvalue weighted by molar-refractivity contribution is 7.91. The fourth-order valence-corrected chi connectivity index (χ4v) is 4.57. The number of fused-ring (bicyclic) bond motifs is 1. The van der Waals surface area contributed by atoms with Crippen LogP contribution in [0.5, 0.6) is 0 Å². The van der Waals surface area contributed by atoms with Crippen molar-refractivity contribution in [3.63, 3.8) is 0 Å². The molecule has 0 spiro atoms. The van der Waals surface area contributed by atoms with Gasteiger partial charge in [0.15, 0.2) is 5.78 Å². The molecule has 0 N–H and O–H groups in total. The minimum atomic E-state index is -3.70. The largest absolute Gasteiger partial charge is 0.289 e. The summed E-state index contributed by atoms with van der Waals surface area (Å²) in [6.07, 6.45) is 0. The summed E-state index contributed by atoms with van der Waals surface area (Å²) in [6, 6.07) is 16.8. The molecule has 0 unspecified atom stereocenters. The molecule has 1 aliphatic heterocycles. The van der Waals surface area contributed by atoms with E-state index in [-0.39, 0.29) is 21.1 Å². The second-order valence-corrected chi connectivity index (χ2v) is 6.88. The number of ketones is 1. The van der Waals surface area contributed by atoms with Crippen LogP contribution in [0.4, 0.5) is 0 Å². The van der Waals surface area contributed by atoms with Gasteiger partial charge in [0.2, 0.25) is 9.84 Å². The Morgan fingerprint density at radius 3 is 2.10 bits per heavy atom. The van der Waals surface area contributed by atoms with Crippen LogP contribution in [0.25, 0.3) is 10.8 Å². The second kappa shape index (κ2) is 4.02. The van der Waals surface area contributed by atoms with Gasteiger partial charge < -0.3 is 0 Å². The molecule has 3 aromatic rings. The average Bonchev–Trinajstić information content (AvgIpc) is 2.59. The highest BCUT2D eigenvalue weighted by atomic mass is 32.2. The number of hydrogen-bond donors (Lipinski definition) is 0. The summed E-state index contributed by atoms with van der Waals surface area (Å²) < 4.78 is 25.8. The van der Waals surface area contributed by atoms with Crippen molar-refractivity contribution in [2.75, 3.05) is 0 Å². The summed E-state index contributed by atoms with van der Waals surface area (Å²) >= 11 is 0. The Hall–Kier alpha value is -2.46. The molecular weight excluding hydrogens is 284 g/mol. The molecule has 102 valence electrons. The van der Waals surface area contributed by atoms with Gasteiger partial charge in [-0.1, -0.05) is 42.5 Å². The molecule has 3 nitrogen and oxygen atoms in total. The first-order valence-electron chi connectivity index (χ1n) is 6.51. The highest BCUT2D eigenvalue weighted by Gasteiger charge is 2.31. The maximum atomic E-state index is 12.9. The molecule has 0 amide bonds. The lowest BCUT2D eigenvalue weighted by Gasteiger charge is -2.07. The highest BCUT2D eigenvalue weighted by Crippen LogP contribution is 2.36. The van der Waals surface area contributed by atoms with Crippen LogP contribution in [-0.4, -0.2) is 14.2 Å². The number of benzene rings is 3. The van der Waals surface area contributed by atoms with Gasteiger partial charge in [0, 0.05) is 16.5 Å². The smallest absolute Gasteiger partial charge is 0.207 e. The van der Waals surface area contributed by atoms with E-state index in [0.717, 1.165) is 5.39 Å². The average molecular weight is 294 g/mol. The van der Waals surface area contributed by atoms with E-state index < -0.39 is 9.84 Å². The first-order chi connectivity index (χ1) is 10.1. The molecule has 0 atom stereocenters. The summed E-state index contributed by atoms with van der Waals surface area (Å²) in [5.74, 6) is -0.246. The van der Waals surface area contributed by atoms with Crippen molar-refractivity contribution in [1.82, 2.24) is 0 Å². The van der Waals surface area contributed by atoms with E-state index in [4.69, 9.17) is 0 Å². The standard InChI is InChI=1S/C17H10O3S/c18-17-12-7-1-2-9-14(12)21(19,20)15-10-4-6-11-5-3-8-13(17)16(11)15/h1-10H. The van der Waals surface area contributed by atoms with Gasteiger partial charge in [-0.15, -0.1) is 0 Å². The van der Waals surface area contributed by atoms with Gasteiger partial charge in [-0.2, -0.15) is 0 Å². The molecule has 0 aliphatic carbocycles. The third kappa shape index (κ3) is 1.53. The number of hydrogen-bond acceptors (Lipinski definition) is 3. The zero-order valence-corrected chi connectivity index (χ0v) is 11.7. The Morgan fingerprint density at radius 2 is 1.29 bits per heavy atom. The Bertz CT molecular complexity index is 1010. The van der Waals surface area contributed by atoms with Crippen molar-refractivity contribution in [2.45, 2.75) is 9.79 Å². The maximum absolute atomic E-state index is 12.9. The fraction of sp³-hybridized carbons (Fsp3) is 0. The monoisotopic (exact) mass is 294 g/mol. The van der Waals surface area contributed by atoms with Crippen LogP contribution in [-0.2, 0) is 9.84 Å². The molecule has 0 aromatic heterocycles. The molecule has 3 aromatic carbocycles. The van der Waals surface area contributed by atoms with Crippen LogP contribution < -0.4 is 0 Å². The molecule has 21 heavy (non-hydrogen) atoms. The van der Waals surface area contributed by atoms with Gasteiger partial charge in [-0.25, -0.2) is 8.42 Å². The third-order valence-corrected chi connectivity index (χ3v) is 5.68. The molecule has 4 rings (SSSR count). The summed E-state index contributed by atoms with van der Waals surface area (Å²) in [6.45, 7) is 0. The van der Waals surface area contributed by atoms with E-state index >= 15 is 0 Å². The molecule has 0 fully saturated rings. The van der Waals surface area contributed by atoms with E-state index in [0.29, 0.717) is 10.9 Å². The summed E-state index contributed by atoms with van der Waals surface area (Å²) in [5.41, 5.74) is 0.679. The SMILES string of the molecule is O=C1c2ccccc2S(=O)(=O)c2cccc3cccc1c23. The van der Waals surface area contributed by atoms with E-state index in [1.165, 1.54) is 6.07 Å². The molecule has 0 radical (unpaired) electrons. The molecule has 4 heteroatoms. The van der Waals surface area contributed by atoms with E-state index in [1.54, 1.807) is 42.5 Å². The summed E-state index contributed by atoms with van der Waals surface area (Å²) in [7, 11) is -3.70. The van der Waals surface area contributed by atoms with E-state index in [2.05, 4.69) is 0 Å². The lowest BCUT2D eigenvalue weighted by atomic mass is 9.97. The van der Waals surface area contributed by atoms with Gasteiger partial charge in [0.1, 0.15) is 0 Å². The van der Waals surface area contributed by atoms with Crippen LogP contribution in [0.15, 0.2) is 70.5 Å². The lowest BCUT2D eigenvalue weighted by Crippen LogP contribution is -2.06. The number of carbonyl (C=O) groups is 1. The Labute approximate surface area is 121 Å². The van der Waals surface area contributed by atoms with Gasteiger partial charge in [-0.3, -0.25) is 4.79 Å². The van der Waals surface area contributed by atoms with Crippen LogP contribution >= 0.6 is 0 Å². The third-order valence-electron chi connectivity index (χ3n) is 3.82. The van der Waals surface area contributed by atoms with Crippen molar-refractivity contribution < 1.29 is 13.2 Å². The topological polar surface area (TPSA) is 51.2 Å². The minimum Gasteiger partial charge on any atom is -0.289 e. The maximum Gasteiger partial charge on any atom is 0.207 e. The Morgan fingerprint density at radius 1 is 0.667 bits per heavy atom. The normalized spacial score (nSPS) is 15.5. The molecule has 1 heterocycles.